The second kappa shape index (κ2) is 9.90. The quantitative estimate of drug-likeness (QED) is 0.573. The molecule has 31 heavy (non-hydrogen) atoms. The van der Waals surface area contributed by atoms with Crippen molar-refractivity contribution >= 4 is 23.2 Å². The van der Waals surface area contributed by atoms with Crippen molar-refractivity contribution in [2.45, 2.75) is 24.4 Å². The summed E-state index contributed by atoms with van der Waals surface area (Å²) in [4.78, 5) is 27.9. The number of likely N-dealkylation sites (tertiary alicyclic amines) is 1. The van der Waals surface area contributed by atoms with Gasteiger partial charge in [0.25, 0.3) is 5.91 Å². The molecule has 5 nitrogen and oxygen atoms in total. The minimum Gasteiger partial charge on any atom is -0.468 e. The Morgan fingerprint density at radius 2 is 1.68 bits per heavy atom. The van der Waals surface area contributed by atoms with E-state index in [4.69, 9.17) is 4.74 Å². The van der Waals surface area contributed by atoms with E-state index >= 15 is 0 Å². The number of esters is 1. The van der Waals surface area contributed by atoms with Gasteiger partial charge in [-0.25, -0.2) is 0 Å². The highest BCUT2D eigenvalue weighted by molar-refractivity contribution is 7.12. The van der Waals surface area contributed by atoms with Crippen molar-refractivity contribution in [3.63, 3.8) is 0 Å². The number of carbonyl (C=O) groups is 2. The Hall–Kier alpha value is -2.96. The maximum atomic E-state index is 12.6. The number of carbonyl (C=O) groups excluding carboxylic acids is 2. The number of nitrogens with zero attached hydrogens (tertiary/aromatic N) is 1. The summed E-state index contributed by atoms with van der Waals surface area (Å²) in [6.45, 7) is 1.27. The van der Waals surface area contributed by atoms with E-state index in [1.165, 1.54) is 29.6 Å². The van der Waals surface area contributed by atoms with E-state index in [9.17, 15) is 9.59 Å². The predicted octanol–water partition coefficient (Wildman–Crippen LogP) is 3.93. The molecule has 1 fully saturated rings. The average molecular weight is 435 g/mol. The van der Waals surface area contributed by atoms with Gasteiger partial charge < -0.3 is 10.1 Å². The molecule has 0 radical (unpaired) electrons. The van der Waals surface area contributed by atoms with Gasteiger partial charge in [0.05, 0.1) is 12.0 Å². The molecule has 1 aliphatic heterocycles. The molecule has 0 saturated carbocycles. The summed E-state index contributed by atoms with van der Waals surface area (Å²) >= 11 is 1.41. The van der Waals surface area contributed by atoms with Crippen LogP contribution in [0.3, 0.4) is 0 Å². The van der Waals surface area contributed by atoms with Gasteiger partial charge in [-0.2, -0.15) is 0 Å². The van der Waals surface area contributed by atoms with Gasteiger partial charge >= 0.3 is 5.97 Å². The zero-order valence-corrected chi connectivity index (χ0v) is 18.3. The third kappa shape index (κ3) is 5.03. The molecular formula is C25H26N2O3S. The topological polar surface area (TPSA) is 58.6 Å². The summed E-state index contributed by atoms with van der Waals surface area (Å²) in [7, 11) is 1.42. The predicted molar refractivity (Wildman–Crippen MR) is 122 cm³/mol. The summed E-state index contributed by atoms with van der Waals surface area (Å²) in [5.74, 6) is -0.234. The number of thiophene rings is 1. The van der Waals surface area contributed by atoms with Crippen LogP contribution in [0.1, 0.15) is 33.1 Å². The lowest BCUT2D eigenvalue weighted by Crippen LogP contribution is -2.40. The third-order valence-corrected chi connectivity index (χ3v) is 6.65. The van der Waals surface area contributed by atoms with Crippen LogP contribution in [-0.2, 0) is 9.53 Å². The zero-order valence-electron chi connectivity index (χ0n) is 17.4. The van der Waals surface area contributed by atoms with Crippen LogP contribution in [0.2, 0.25) is 0 Å². The molecule has 2 heterocycles. The van der Waals surface area contributed by atoms with E-state index in [2.05, 4.69) is 34.5 Å². The Kier molecular flexibility index (Phi) is 6.79. The largest absolute Gasteiger partial charge is 0.468 e. The molecule has 0 bridgehead atoms. The number of ether oxygens (including phenoxy) is 1. The summed E-state index contributed by atoms with van der Waals surface area (Å²) < 4.78 is 5.09. The average Bonchev–Trinajstić information content (AvgIpc) is 3.48. The monoisotopic (exact) mass is 434 g/mol. The highest BCUT2D eigenvalue weighted by Gasteiger charge is 2.39. The lowest BCUT2D eigenvalue weighted by atomic mass is 9.90. The fraction of sp³-hybridized carbons (Fsp3) is 0.280. The number of nitrogens with one attached hydrogen (secondary N) is 1. The molecule has 2 atom stereocenters. The Bertz CT molecular complexity index is 953. The molecule has 2 aromatic carbocycles. The third-order valence-electron chi connectivity index (χ3n) is 5.78. The number of hydrogen-bond acceptors (Lipinski definition) is 5. The van der Waals surface area contributed by atoms with Crippen molar-refractivity contribution < 1.29 is 14.3 Å². The SMILES string of the molecule is COC(=O)[C@@H]1C[C@@H](NC(=O)c2cccs2)CN1CC(c1ccccc1)c1ccccc1. The Morgan fingerprint density at radius 1 is 1.03 bits per heavy atom. The Balaban J connectivity index is 1.55. The molecule has 1 aliphatic rings. The summed E-state index contributed by atoms with van der Waals surface area (Å²) in [6, 6.07) is 23.8. The van der Waals surface area contributed by atoms with Crippen molar-refractivity contribution in [3.05, 3.63) is 94.2 Å². The first-order chi connectivity index (χ1) is 15.2. The van der Waals surface area contributed by atoms with Crippen LogP contribution < -0.4 is 5.32 Å². The Morgan fingerprint density at radius 3 is 2.23 bits per heavy atom. The van der Waals surface area contributed by atoms with Crippen molar-refractivity contribution in [2.24, 2.45) is 0 Å². The van der Waals surface area contributed by atoms with Gasteiger partial charge in [-0.05, 0) is 29.0 Å². The van der Waals surface area contributed by atoms with Gasteiger partial charge in [-0.3, -0.25) is 14.5 Å². The number of rotatable bonds is 7. The second-order valence-electron chi connectivity index (χ2n) is 7.75. The first-order valence-electron chi connectivity index (χ1n) is 10.4. The van der Waals surface area contributed by atoms with E-state index < -0.39 is 0 Å². The van der Waals surface area contributed by atoms with Crippen LogP contribution in [-0.4, -0.2) is 49.1 Å². The van der Waals surface area contributed by atoms with Crippen LogP contribution in [0.15, 0.2) is 78.2 Å². The van der Waals surface area contributed by atoms with E-state index in [1.807, 2.05) is 53.9 Å². The molecule has 0 unspecified atom stereocenters. The number of amides is 1. The molecule has 0 spiro atoms. The lowest BCUT2D eigenvalue weighted by molar-refractivity contribution is -0.145. The molecule has 1 aromatic heterocycles. The fourth-order valence-electron chi connectivity index (χ4n) is 4.26. The Labute approximate surface area is 186 Å². The van der Waals surface area contributed by atoms with Crippen LogP contribution in [0.4, 0.5) is 0 Å². The summed E-state index contributed by atoms with van der Waals surface area (Å²) in [6.07, 6.45) is 0.542. The highest BCUT2D eigenvalue weighted by atomic mass is 32.1. The van der Waals surface area contributed by atoms with Crippen molar-refractivity contribution in [3.8, 4) is 0 Å². The van der Waals surface area contributed by atoms with Crippen LogP contribution in [0.5, 0.6) is 0 Å². The van der Waals surface area contributed by atoms with Crippen LogP contribution >= 0.6 is 11.3 Å². The smallest absolute Gasteiger partial charge is 0.323 e. The molecule has 0 aliphatic carbocycles. The van der Waals surface area contributed by atoms with Crippen molar-refractivity contribution in [1.29, 1.82) is 0 Å². The maximum Gasteiger partial charge on any atom is 0.323 e. The molecule has 4 rings (SSSR count). The first-order valence-corrected chi connectivity index (χ1v) is 11.3. The molecule has 3 aromatic rings. The van der Waals surface area contributed by atoms with E-state index in [1.54, 1.807) is 0 Å². The first kappa shape index (κ1) is 21.3. The minimum atomic E-state index is -0.381. The van der Waals surface area contributed by atoms with Crippen LogP contribution in [0, 0.1) is 0 Å². The number of benzene rings is 2. The van der Waals surface area contributed by atoms with Gasteiger partial charge in [-0.1, -0.05) is 66.7 Å². The standard InChI is InChI=1S/C25H26N2O3S/c1-30-25(29)22-15-20(26-24(28)23-13-8-14-31-23)16-27(22)17-21(18-9-4-2-5-10-18)19-11-6-3-7-12-19/h2-14,20-22H,15-17H2,1H3,(H,26,28)/t20-,22+/m1/s1. The molecule has 1 N–H and O–H groups in total. The molecule has 6 heteroatoms. The van der Waals surface area contributed by atoms with Gasteiger partial charge in [0.15, 0.2) is 0 Å². The normalized spacial score (nSPS) is 18.8. The highest BCUT2D eigenvalue weighted by Crippen LogP contribution is 2.29. The molecule has 160 valence electrons. The van der Waals surface area contributed by atoms with Crippen LogP contribution in [0.25, 0.3) is 0 Å². The maximum absolute atomic E-state index is 12.6. The summed E-state index contributed by atoms with van der Waals surface area (Å²) in [5, 5.41) is 4.98. The van der Waals surface area contributed by atoms with Gasteiger partial charge in [0.1, 0.15) is 6.04 Å². The van der Waals surface area contributed by atoms with Crippen molar-refractivity contribution in [1.82, 2.24) is 10.2 Å². The van der Waals surface area contributed by atoms with Gasteiger partial charge in [0, 0.05) is 25.0 Å². The second-order valence-corrected chi connectivity index (χ2v) is 8.70. The van der Waals surface area contributed by atoms with E-state index in [-0.39, 0.29) is 29.9 Å². The minimum absolute atomic E-state index is 0.0897. The molecule has 1 amide bonds. The number of methoxy groups -OCH3 is 1. The summed E-state index contributed by atoms with van der Waals surface area (Å²) in [5.41, 5.74) is 2.40. The van der Waals surface area contributed by atoms with E-state index in [0.717, 1.165) is 0 Å². The van der Waals surface area contributed by atoms with Crippen molar-refractivity contribution in [2.75, 3.05) is 20.2 Å². The molecular weight excluding hydrogens is 408 g/mol. The van der Waals surface area contributed by atoms with E-state index in [0.29, 0.717) is 24.4 Å². The zero-order chi connectivity index (χ0) is 21.6. The fourth-order valence-corrected chi connectivity index (χ4v) is 4.89. The number of hydrogen-bond donors (Lipinski definition) is 1. The molecule has 1 saturated heterocycles. The van der Waals surface area contributed by atoms with Gasteiger partial charge in [-0.15, -0.1) is 11.3 Å². The van der Waals surface area contributed by atoms with Gasteiger partial charge in [0.2, 0.25) is 0 Å². The lowest BCUT2D eigenvalue weighted by Gasteiger charge is -2.28.